The summed E-state index contributed by atoms with van der Waals surface area (Å²) in [6.07, 6.45) is 12.7. The van der Waals surface area contributed by atoms with E-state index in [0.717, 1.165) is 23.6 Å². The molecule has 1 aliphatic rings. The van der Waals surface area contributed by atoms with Crippen LogP contribution in [0.2, 0.25) is 0 Å². The molecule has 134 valence electrons. The van der Waals surface area contributed by atoms with Crippen LogP contribution in [0.1, 0.15) is 57.8 Å². The van der Waals surface area contributed by atoms with Crippen molar-refractivity contribution in [3.8, 4) is 0 Å². The monoisotopic (exact) mass is 368 g/mol. The number of amides is 1. The molecule has 0 bridgehead atoms. The largest absolute Gasteiger partial charge is 0.449 e. The van der Waals surface area contributed by atoms with Crippen LogP contribution in [0.15, 0.2) is 29.4 Å². The lowest BCUT2D eigenvalue weighted by Crippen LogP contribution is -2.35. The van der Waals surface area contributed by atoms with Crippen molar-refractivity contribution in [1.29, 1.82) is 0 Å². The summed E-state index contributed by atoms with van der Waals surface area (Å²) in [5, 5.41) is 4.03. The highest BCUT2D eigenvalue weighted by molar-refractivity contribution is 8.76. The molecule has 0 radical (unpaired) electrons. The summed E-state index contributed by atoms with van der Waals surface area (Å²) in [4.78, 5) is 16.2. The standard InChI is InChI=1S/C18H28N2O2S2/c21-18(20-16-10-6-4-2-1-3-5-7-11-16)22-14-15-23-24-17-12-8-9-13-19-17/h8-9,12-13,16H,1-7,10-11,14-15H2,(H,20,21). The van der Waals surface area contributed by atoms with Crippen LogP contribution in [0.25, 0.3) is 0 Å². The van der Waals surface area contributed by atoms with E-state index in [-0.39, 0.29) is 12.1 Å². The lowest BCUT2D eigenvalue weighted by molar-refractivity contribution is 0.147. The minimum atomic E-state index is -0.263. The molecule has 1 fully saturated rings. The highest BCUT2D eigenvalue weighted by atomic mass is 33.1. The summed E-state index contributed by atoms with van der Waals surface area (Å²) in [7, 11) is 3.27. The summed E-state index contributed by atoms with van der Waals surface area (Å²) >= 11 is 0. The fraction of sp³-hybridized carbons (Fsp3) is 0.667. The van der Waals surface area contributed by atoms with Crippen molar-refractivity contribution < 1.29 is 9.53 Å². The molecule has 0 atom stereocenters. The molecule has 24 heavy (non-hydrogen) atoms. The number of hydrogen-bond donors (Lipinski definition) is 1. The number of rotatable bonds is 6. The number of nitrogens with zero attached hydrogens (tertiary/aromatic N) is 1. The molecular weight excluding hydrogens is 340 g/mol. The van der Waals surface area contributed by atoms with Crippen LogP contribution in [0.3, 0.4) is 0 Å². The van der Waals surface area contributed by atoms with E-state index < -0.39 is 0 Å². The van der Waals surface area contributed by atoms with Gasteiger partial charge < -0.3 is 10.1 Å². The SMILES string of the molecule is O=C(NC1CCCCCCCCC1)OCCSSc1ccccn1. The molecule has 4 nitrogen and oxygen atoms in total. The van der Waals surface area contributed by atoms with Crippen molar-refractivity contribution >= 4 is 27.7 Å². The summed E-state index contributed by atoms with van der Waals surface area (Å²) < 4.78 is 5.31. The van der Waals surface area contributed by atoms with Gasteiger partial charge in [0.05, 0.1) is 0 Å². The van der Waals surface area contributed by atoms with Gasteiger partial charge in [-0.05, 0) is 35.8 Å². The van der Waals surface area contributed by atoms with E-state index in [4.69, 9.17) is 4.74 Å². The zero-order valence-electron chi connectivity index (χ0n) is 14.2. The maximum absolute atomic E-state index is 11.9. The van der Waals surface area contributed by atoms with Gasteiger partial charge in [-0.15, -0.1) is 0 Å². The van der Waals surface area contributed by atoms with Gasteiger partial charge >= 0.3 is 6.09 Å². The van der Waals surface area contributed by atoms with Crippen molar-refractivity contribution in [2.45, 2.75) is 68.9 Å². The Kier molecular flexibility index (Phi) is 10.1. The fourth-order valence-electron chi connectivity index (χ4n) is 2.83. The van der Waals surface area contributed by atoms with E-state index in [9.17, 15) is 4.79 Å². The van der Waals surface area contributed by atoms with Crippen molar-refractivity contribution in [2.75, 3.05) is 12.4 Å². The highest BCUT2D eigenvalue weighted by Crippen LogP contribution is 2.28. The molecule has 0 saturated heterocycles. The van der Waals surface area contributed by atoms with Crippen LogP contribution in [0, 0.1) is 0 Å². The van der Waals surface area contributed by atoms with Gasteiger partial charge in [0.15, 0.2) is 0 Å². The number of hydrogen-bond acceptors (Lipinski definition) is 5. The third-order valence-electron chi connectivity index (χ3n) is 4.11. The molecule has 2 rings (SSSR count). The Balaban J connectivity index is 1.56. The number of alkyl carbamates (subject to hydrolysis) is 1. The van der Waals surface area contributed by atoms with Crippen molar-refractivity contribution in [2.24, 2.45) is 0 Å². The molecule has 0 unspecified atom stereocenters. The topological polar surface area (TPSA) is 51.2 Å². The average Bonchev–Trinajstić information content (AvgIpc) is 2.61. The maximum atomic E-state index is 11.9. The van der Waals surface area contributed by atoms with Gasteiger partial charge in [-0.2, -0.15) is 0 Å². The van der Waals surface area contributed by atoms with Gasteiger partial charge in [0.2, 0.25) is 0 Å². The average molecular weight is 369 g/mol. The lowest BCUT2D eigenvalue weighted by Gasteiger charge is -2.19. The molecule has 0 aliphatic heterocycles. The Labute approximate surface area is 153 Å². The Morgan fingerprint density at radius 1 is 1.12 bits per heavy atom. The van der Waals surface area contributed by atoms with E-state index >= 15 is 0 Å². The summed E-state index contributed by atoms with van der Waals surface area (Å²) in [6, 6.07) is 6.14. The second kappa shape index (κ2) is 12.5. The second-order valence-electron chi connectivity index (χ2n) is 6.10. The Hall–Kier alpha value is -0.880. The van der Waals surface area contributed by atoms with Crippen LogP contribution in [-0.2, 0) is 4.74 Å². The Morgan fingerprint density at radius 2 is 1.83 bits per heavy atom. The fourth-order valence-corrected chi connectivity index (χ4v) is 4.53. The Bertz CT molecular complexity index is 450. The molecule has 1 aliphatic carbocycles. The summed E-state index contributed by atoms with van der Waals surface area (Å²) in [5.74, 6) is 0.763. The predicted octanol–water partition coefficient (Wildman–Crippen LogP) is 5.44. The van der Waals surface area contributed by atoms with Gasteiger partial charge in [-0.25, -0.2) is 9.78 Å². The van der Waals surface area contributed by atoms with E-state index in [0.29, 0.717) is 6.61 Å². The predicted molar refractivity (Wildman–Crippen MR) is 102 cm³/mol. The van der Waals surface area contributed by atoms with Gasteiger partial charge in [0.25, 0.3) is 0 Å². The van der Waals surface area contributed by atoms with Gasteiger partial charge in [-0.1, -0.05) is 61.8 Å². The van der Waals surface area contributed by atoms with Gasteiger partial charge in [0, 0.05) is 18.0 Å². The molecule has 1 aromatic rings. The van der Waals surface area contributed by atoms with Crippen molar-refractivity contribution in [3.05, 3.63) is 24.4 Å². The van der Waals surface area contributed by atoms with Crippen LogP contribution in [-0.4, -0.2) is 29.5 Å². The minimum Gasteiger partial charge on any atom is -0.449 e. The van der Waals surface area contributed by atoms with E-state index in [1.807, 2.05) is 18.2 Å². The molecule has 6 heteroatoms. The highest BCUT2D eigenvalue weighted by Gasteiger charge is 2.13. The molecule has 1 aromatic heterocycles. The van der Waals surface area contributed by atoms with E-state index in [1.165, 1.54) is 44.9 Å². The zero-order chi connectivity index (χ0) is 16.9. The molecule has 1 N–H and O–H groups in total. The summed E-state index contributed by atoms with van der Waals surface area (Å²) in [5.41, 5.74) is 0. The molecule has 1 amide bonds. The van der Waals surface area contributed by atoms with E-state index in [2.05, 4.69) is 10.3 Å². The number of aromatic nitrogens is 1. The molecule has 0 aromatic carbocycles. The molecule has 0 spiro atoms. The first kappa shape index (κ1) is 19.4. The summed E-state index contributed by atoms with van der Waals surface area (Å²) in [6.45, 7) is 0.434. The number of nitrogens with one attached hydrogen (secondary N) is 1. The van der Waals surface area contributed by atoms with Crippen LogP contribution >= 0.6 is 21.6 Å². The molecule has 1 heterocycles. The lowest BCUT2D eigenvalue weighted by atomic mass is 9.97. The van der Waals surface area contributed by atoms with Crippen molar-refractivity contribution in [3.63, 3.8) is 0 Å². The van der Waals surface area contributed by atoms with Gasteiger partial charge in [0.1, 0.15) is 11.6 Å². The normalized spacial score (nSPS) is 17.2. The number of carbonyl (C=O) groups is 1. The van der Waals surface area contributed by atoms with Crippen LogP contribution in [0.5, 0.6) is 0 Å². The molecular formula is C18H28N2O2S2. The number of carbonyl (C=O) groups excluding carboxylic acids is 1. The third-order valence-corrected chi connectivity index (χ3v) is 6.34. The van der Waals surface area contributed by atoms with Crippen molar-refractivity contribution in [1.82, 2.24) is 10.3 Å². The number of ether oxygens (including phenoxy) is 1. The first-order valence-corrected chi connectivity index (χ1v) is 11.3. The zero-order valence-corrected chi connectivity index (χ0v) is 15.9. The van der Waals surface area contributed by atoms with E-state index in [1.54, 1.807) is 27.8 Å². The first-order valence-electron chi connectivity index (χ1n) is 8.98. The third kappa shape index (κ3) is 8.83. The maximum Gasteiger partial charge on any atom is 0.407 e. The minimum absolute atomic E-state index is 0.263. The van der Waals surface area contributed by atoms with Gasteiger partial charge in [-0.3, -0.25) is 0 Å². The quantitative estimate of drug-likeness (QED) is 0.535. The Morgan fingerprint density at radius 3 is 2.50 bits per heavy atom. The smallest absolute Gasteiger partial charge is 0.407 e. The first-order chi connectivity index (χ1) is 11.8. The van der Waals surface area contributed by atoms with Crippen LogP contribution in [0.4, 0.5) is 4.79 Å². The second-order valence-corrected chi connectivity index (χ2v) is 8.54. The number of pyridine rings is 1. The van der Waals surface area contributed by atoms with Crippen LogP contribution < -0.4 is 5.32 Å². The molecule has 1 saturated carbocycles.